The van der Waals surface area contributed by atoms with Crippen LogP contribution in [0, 0.1) is 3.57 Å². The van der Waals surface area contributed by atoms with Crippen molar-refractivity contribution in [3.63, 3.8) is 0 Å². The Labute approximate surface area is 181 Å². The monoisotopic (exact) mass is 644 g/mol. The maximum atomic E-state index is 13.6. The quantitative estimate of drug-likeness (QED) is 0.184. The normalized spacial score (nSPS) is 14.7. The topological polar surface area (TPSA) is 0 Å². The first kappa shape index (κ1) is 31.1. The highest BCUT2D eigenvalue weighted by Gasteiger charge is 2.93. The van der Waals surface area contributed by atoms with E-state index in [2.05, 4.69) is 0 Å². The summed E-state index contributed by atoms with van der Waals surface area (Å²) in [5.41, 5.74) is 0. The van der Waals surface area contributed by atoms with Gasteiger partial charge in [0.2, 0.25) is 0 Å². The van der Waals surface area contributed by atoms with Crippen molar-refractivity contribution in [1.82, 2.24) is 0 Å². The molecule has 0 unspecified atom stereocenters. The van der Waals surface area contributed by atoms with E-state index in [1.807, 2.05) is 0 Å². The molecular formula is C12H4BClF17I. The molecule has 0 amide bonds. The van der Waals surface area contributed by atoms with Crippen LogP contribution in [0.2, 0.25) is 5.02 Å². The Morgan fingerprint density at radius 1 is 0.562 bits per heavy atom. The van der Waals surface area contributed by atoms with Gasteiger partial charge < -0.3 is 17.3 Å². The van der Waals surface area contributed by atoms with E-state index >= 15 is 0 Å². The third-order valence-corrected chi connectivity index (χ3v) is 5.88. The van der Waals surface area contributed by atoms with Crippen molar-refractivity contribution in [3.8, 4) is 0 Å². The van der Waals surface area contributed by atoms with Crippen LogP contribution in [0.1, 0.15) is 0 Å². The minimum absolute atomic E-state index is 0.0977. The maximum Gasteiger partial charge on any atom is 0.673 e. The molecule has 0 saturated heterocycles. The van der Waals surface area contributed by atoms with E-state index < -0.39 is 65.8 Å². The SMILES string of the molecule is FC(F)(F)C(F)(F)C(F)(F)C(F)(F)C(F)(F)C(F)(F)[I+]c1ccc(Cl)cc1.F[B-](F)(F)F. The summed E-state index contributed by atoms with van der Waals surface area (Å²) < 4.78 is 200. The smallest absolute Gasteiger partial charge is 0.418 e. The fourth-order valence-electron chi connectivity index (χ4n) is 1.44. The third-order valence-electron chi connectivity index (χ3n) is 2.93. The van der Waals surface area contributed by atoms with Gasteiger partial charge in [-0.3, -0.25) is 0 Å². The van der Waals surface area contributed by atoms with E-state index in [0.29, 0.717) is 12.1 Å². The molecule has 0 bridgehead atoms. The van der Waals surface area contributed by atoms with E-state index in [4.69, 9.17) is 11.6 Å². The Morgan fingerprint density at radius 3 is 1.19 bits per heavy atom. The summed E-state index contributed by atoms with van der Waals surface area (Å²) in [6, 6.07) is 3.02. The fourth-order valence-corrected chi connectivity index (χ4v) is 3.74. The molecule has 0 aliphatic rings. The predicted molar refractivity (Wildman–Crippen MR) is 71.1 cm³/mol. The standard InChI is InChI=1S/C12H4ClF13I.BF4/c13-5-1-3-6(4-2-5)27-12(25,26)10(20,21)8(16,17)7(14,15)9(18,19)11(22,23)24;2-1(3,4)5/h1-4H;/q+1;-1. The molecule has 0 heterocycles. The highest BCUT2D eigenvalue weighted by atomic mass is 127. The van der Waals surface area contributed by atoms with E-state index in [9.17, 15) is 74.3 Å². The average molecular weight is 644 g/mol. The lowest BCUT2D eigenvalue weighted by Crippen LogP contribution is -3.68. The van der Waals surface area contributed by atoms with Crippen molar-refractivity contribution < 1.29 is 95.5 Å². The molecule has 1 rings (SSSR count). The van der Waals surface area contributed by atoms with Gasteiger partial charge in [-0.1, -0.05) is 11.6 Å². The zero-order valence-electron chi connectivity index (χ0n) is 14.1. The van der Waals surface area contributed by atoms with Gasteiger partial charge in [0, 0.05) is 5.02 Å². The van der Waals surface area contributed by atoms with Crippen LogP contribution in [0.25, 0.3) is 0 Å². The summed E-state index contributed by atoms with van der Waals surface area (Å²) in [5.74, 6) is -30.5. The van der Waals surface area contributed by atoms with Gasteiger partial charge >= 0.3 is 62.3 Å². The van der Waals surface area contributed by atoms with Gasteiger partial charge in [-0.25, -0.2) is 0 Å². The van der Waals surface area contributed by atoms with Crippen molar-refractivity contribution in [2.75, 3.05) is 0 Å². The molecule has 0 saturated carbocycles. The molecular weight excluding hydrogens is 640 g/mol. The maximum absolute atomic E-state index is 13.6. The number of benzene rings is 1. The second-order valence-corrected chi connectivity index (χ2v) is 8.90. The molecule has 0 fully saturated rings. The Bertz CT molecular complexity index is 748. The molecule has 1 aromatic carbocycles. The first-order chi connectivity index (χ1) is 13.7. The molecule has 0 radical (unpaired) electrons. The number of alkyl halides is 14. The van der Waals surface area contributed by atoms with Crippen LogP contribution in [0.5, 0.6) is 0 Å². The van der Waals surface area contributed by atoms with Gasteiger partial charge in [0.1, 0.15) is 0 Å². The molecule has 0 N–H and O–H groups in total. The molecule has 1 aromatic rings. The minimum atomic E-state index is -7.87. The average Bonchev–Trinajstić information content (AvgIpc) is 2.53. The summed E-state index contributed by atoms with van der Waals surface area (Å²) >= 11 is 1.78. The van der Waals surface area contributed by atoms with Crippen LogP contribution in [0.3, 0.4) is 0 Å². The van der Waals surface area contributed by atoms with Crippen LogP contribution in [-0.4, -0.2) is 41.1 Å². The van der Waals surface area contributed by atoms with Gasteiger partial charge in [-0.2, -0.15) is 57.1 Å². The second kappa shape index (κ2) is 9.40. The highest BCUT2D eigenvalue weighted by Crippen LogP contribution is 2.59. The number of rotatable bonds is 6. The molecule has 188 valence electrons. The molecule has 0 aliphatic carbocycles. The first-order valence-electron chi connectivity index (χ1n) is 6.97. The summed E-state index contributed by atoms with van der Waals surface area (Å²) in [5, 5.41) is -0.0977. The van der Waals surface area contributed by atoms with Crippen LogP contribution in [0.15, 0.2) is 24.3 Å². The van der Waals surface area contributed by atoms with E-state index in [0.717, 1.165) is 12.1 Å². The summed E-state index contributed by atoms with van der Waals surface area (Å²) in [7, 11) is -6.00. The lowest BCUT2D eigenvalue weighted by atomic mass is 9.98. The van der Waals surface area contributed by atoms with E-state index in [-0.39, 0.29) is 5.02 Å². The van der Waals surface area contributed by atoms with Crippen molar-refractivity contribution in [2.45, 2.75) is 33.8 Å². The van der Waals surface area contributed by atoms with E-state index in [1.54, 1.807) is 0 Å². The summed E-state index contributed by atoms with van der Waals surface area (Å²) in [6.45, 7) is 0. The Hall–Kier alpha value is -0.885. The predicted octanol–water partition coefficient (Wildman–Crippen LogP) is 4.59. The summed E-state index contributed by atoms with van der Waals surface area (Å²) in [4.78, 5) is 0. The van der Waals surface area contributed by atoms with Crippen molar-refractivity contribution in [3.05, 3.63) is 32.9 Å². The first-order valence-corrected chi connectivity index (χ1v) is 9.50. The van der Waals surface area contributed by atoms with E-state index in [1.165, 1.54) is 0 Å². The zero-order valence-corrected chi connectivity index (χ0v) is 17.0. The molecule has 0 atom stereocenters. The Kier molecular flexibility index (Phi) is 9.14. The van der Waals surface area contributed by atoms with Gasteiger partial charge in [0.25, 0.3) is 0 Å². The van der Waals surface area contributed by atoms with Crippen molar-refractivity contribution in [2.24, 2.45) is 0 Å². The lowest BCUT2D eigenvalue weighted by molar-refractivity contribution is -0.790. The third kappa shape index (κ3) is 6.59. The van der Waals surface area contributed by atoms with Crippen LogP contribution in [-0.2, 0) is 0 Å². The summed E-state index contributed by atoms with van der Waals surface area (Å²) in [6.07, 6.45) is -7.41. The lowest BCUT2D eigenvalue weighted by Gasteiger charge is -2.36. The molecule has 32 heavy (non-hydrogen) atoms. The molecule has 0 nitrogen and oxygen atoms in total. The van der Waals surface area contributed by atoms with Gasteiger partial charge in [0.05, 0.1) is 0 Å². The van der Waals surface area contributed by atoms with Gasteiger partial charge in [-0.05, 0) is 24.3 Å². The Balaban J connectivity index is 0.00000172. The second-order valence-electron chi connectivity index (χ2n) is 5.32. The zero-order chi connectivity index (χ0) is 26.2. The van der Waals surface area contributed by atoms with Gasteiger partial charge in [-0.15, -0.1) is 0 Å². The minimum Gasteiger partial charge on any atom is -0.418 e. The van der Waals surface area contributed by atoms with Crippen molar-refractivity contribution >= 4 is 18.9 Å². The number of hydrogen-bond acceptors (Lipinski definition) is 0. The van der Waals surface area contributed by atoms with Crippen LogP contribution < -0.4 is 21.2 Å². The highest BCUT2D eigenvalue weighted by molar-refractivity contribution is 6.50. The van der Waals surface area contributed by atoms with Crippen LogP contribution >= 0.6 is 11.6 Å². The molecule has 0 spiro atoms. The van der Waals surface area contributed by atoms with Crippen molar-refractivity contribution in [1.29, 1.82) is 0 Å². The molecule has 0 aromatic heterocycles. The largest absolute Gasteiger partial charge is 0.673 e. The van der Waals surface area contributed by atoms with Gasteiger partial charge in [0.15, 0.2) is 3.57 Å². The molecule has 20 heteroatoms. The fraction of sp³-hybridized carbons (Fsp3) is 0.500. The molecule has 0 aliphatic heterocycles. The Morgan fingerprint density at radius 2 is 0.875 bits per heavy atom. The number of halogens is 19. The number of hydrogen-bond donors (Lipinski definition) is 0. The van der Waals surface area contributed by atoms with Crippen LogP contribution in [0.4, 0.5) is 74.3 Å².